The quantitative estimate of drug-likeness (QED) is 0.339. The number of carbonyl (C=O) groups excluding carboxylic acids is 1. The van der Waals surface area contributed by atoms with Gasteiger partial charge < -0.3 is 24.7 Å². The highest BCUT2D eigenvalue weighted by molar-refractivity contribution is 5.52. The number of hydrogen-bond acceptors (Lipinski definition) is 6. The second-order valence-electron chi connectivity index (χ2n) is 10.1. The Labute approximate surface area is 242 Å². The van der Waals surface area contributed by atoms with Gasteiger partial charge in [-0.1, -0.05) is 43.7 Å². The molecule has 1 saturated heterocycles. The number of likely N-dealkylation sites (tertiary alicyclic amines) is 1. The lowest BCUT2D eigenvalue weighted by Crippen LogP contribution is -2.26. The fourth-order valence-electron chi connectivity index (χ4n) is 5.41. The molecule has 2 aliphatic heterocycles. The monoisotopic (exact) mass is 568 g/mol. The second-order valence-corrected chi connectivity index (χ2v) is 10.1. The van der Waals surface area contributed by atoms with E-state index in [0.29, 0.717) is 35.6 Å². The molecule has 8 heteroatoms. The molecule has 0 unspecified atom stereocenters. The van der Waals surface area contributed by atoms with Gasteiger partial charge in [-0.2, -0.15) is 0 Å². The Balaban J connectivity index is 0.000000299. The zero-order chi connectivity index (χ0) is 29.9. The topological polar surface area (TPSA) is 74.0 Å². The van der Waals surface area contributed by atoms with Gasteiger partial charge in [0.15, 0.2) is 6.79 Å². The van der Waals surface area contributed by atoms with E-state index in [1.54, 1.807) is 12.1 Å². The van der Waals surface area contributed by atoms with Crippen LogP contribution in [0.15, 0.2) is 48.5 Å². The molecule has 3 aromatic rings. The van der Waals surface area contributed by atoms with E-state index in [1.165, 1.54) is 43.0 Å². The van der Waals surface area contributed by atoms with E-state index < -0.39 is 0 Å². The van der Waals surface area contributed by atoms with Crippen molar-refractivity contribution in [3.63, 3.8) is 0 Å². The summed E-state index contributed by atoms with van der Waals surface area (Å²) in [7, 11) is 2.98. The molecule has 0 radical (unpaired) electrons. The van der Waals surface area contributed by atoms with E-state index in [2.05, 4.69) is 44.7 Å². The average Bonchev–Trinajstić information content (AvgIpc) is 3.41. The number of aryl methyl sites for hydroxylation is 3. The third-order valence-electron chi connectivity index (χ3n) is 7.48. The summed E-state index contributed by atoms with van der Waals surface area (Å²) in [6.07, 6.45) is 3.68. The van der Waals surface area contributed by atoms with Crippen LogP contribution in [0, 0.1) is 18.6 Å². The van der Waals surface area contributed by atoms with Gasteiger partial charge >= 0.3 is 0 Å². The maximum atomic E-state index is 14.6. The number of fused-ring (bicyclic) bond motifs is 1. The smallest absolute Gasteiger partial charge is 0.189 e. The molecule has 2 N–H and O–H groups in total. The minimum absolute atomic E-state index is 0.0438. The Morgan fingerprint density at radius 2 is 1.73 bits per heavy atom. The van der Waals surface area contributed by atoms with E-state index in [1.807, 2.05) is 11.0 Å². The summed E-state index contributed by atoms with van der Waals surface area (Å²) in [5.41, 5.74) is 10.5. The number of methoxy groups -OCH3 is 1. The lowest BCUT2D eigenvalue weighted by Gasteiger charge is -2.22. The van der Waals surface area contributed by atoms with Crippen molar-refractivity contribution in [2.24, 2.45) is 5.73 Å². The highest BCUT2D eigenvalue weighted by Crippen LogP contribution is 2.43. The number of aldehydes is 1. The predicted octanol–water partition coefficient (Wildman–Crippen LogP) is 6.26. The second kappa shape index (κ2) is 15.6. The fourth-order valence-corrected chi connectivity index (χ4v) is 5.41. The van der Waals surface area contributed by atoms with Crippen LogP contribution < -0.4 is 15.2 Å². The summed E-state index contributed by atoms with van der Waals surface area (Å²) in [4.78, 5) is 13.1. The summed E-state index contributed by atoms with van der Waals surface area (Å²) in [6.45, 7) is 7.56. The maximum absolute atomic E-state index is 14.6. The molecule has 6 nitrogen and oxygen atoms in total. The third kappa shape index (κ3) is 8.12. The van der Waals surface area contributed by atoms with E-state index in [9.17, 15) is 13.6 Å². The van der Waals surface area contributed by atoms with Crippen molar-refractivity contribution >= 4 is 6.29 Å². The van der Waals surface area contributed by atoms with Crippen LogP contribution in [-0.4, -0.2) is 45.2 Å². The molecule has 5 rings (SSSR count). The van der Waals surface area contributed by atoms with E-state index in [4.69, 9.17) is 14.2 Å². The first-order chi connectivity index (χ1) is 19.9. The zero-order valence-electron chi connectivity index (χ0n) is 24.7. The molecule has 2 heterocycles. The molecule has 0 amide bonds. The van der Waals surface area contributed by atoms with Crippen molar-refractivity contribution in [1.29, 1.82) is 0 Å². The first-order valence-electron chi connectivity index (χ1n) is 14.1. The highest BCUT2D eigenvalue weighted by Gasteiger charge is 2.36. The van der Waals surface area contributed by atoms with Gasteiger partial charge in [-0.25, -0.2) is 8.78 Å². The third-order valence-corrected chi connectivity index (χ3v) is 7.48. The molecule has 0 bridgehead atoms. The molecule has 0 spiro atoms. The maximum Gasteiger partial charge on any atom is 0.189 e. The zero-order valence-corrected chi connectivity index (χ0v) is 24.7. The molecule has 3 aromatic carbocycles. The summed E-state index contributed by atoms with van der Waals surface area (Å²) in [5.74, 6) is 0.139. The van der Waals surface area contributed by atoms with Crippen LogP contribution in [0.1, 0.15) is 65.6 Å². The van der Waals surface area contributed by atoms with Gasteiger partial charge in [0.2, 0.25) is 0 Å². The minimum Gasteiger partial charge on any atom is -0.497 e. The number of hydrogen-bond donors (Lipinski definition) is 1. The van der Waals surface area contributed by atoms with Gasteiger partial charge in [0.1, 0.15) is 29.4 Å². The van der Waals surface area contributed by atoms with Gasteiger partial charge in [-0.05, 0) is 74.0 Å². The van der Waals surface area contributed by atoms with Gasteiger partial charge in [-0.15, -0.1) is 0 Å². The number of halogens is 2. The average molecular weight is 569 g/mol. The number of rotatable bonds is 7. The van der Waals surface area contributed by atoms with E-state index >= 15 is 0 Å². The standard InChI is InChI=1S/C21H21F2NO4.C11H16.CH5N/c1-26-15-2-3-16(19(23)9-15)20-7-14(10-24(20)4-5-25)13-6-18(22)17-11-27-12-28-21(17)8-13;1-4-10-6-9(3)7-11(5-2)8-10;1-2/h2-3,5-6,8-9,14,20H,4,7,10-12H2,1H3;6-8H,4-5H2,1-3H3;2H2,1H3/t14-,20-;;/m1../s1. The van der Waals surface area contributed by atoms with Crippen LogP contribution in [0.3, 0.4) is 0 Å². The highest BCUT2D eigenvalue weighted by atomic mass is 19.1. The number of nitrogens with zero attached hydrogens (tertiary/aromatic N) is 1. The minimum atomic E-state index is -0.377. The van der Waals surface area contributed by atoms with Crippen molar-refractivity contribution in [2.75, 3.05) is 34.0 Å². The molecule has 2 aliphatic rings. The van der Waals surface area contributed by atoms with E-state index in [-0.39, 0.29) is 43.5 Å². The van der Waals surface area contributed by atoms with Crippen LogP contribution >= 0.6 is 0 Å². The fraction of sp³-hybridized carbons (Fsp3) is 0.424. The SMILES string of the molecule is CCc1cc(C)cc(CC)c1.CN.COc1ccc([C@H]2C[C@@H](c3cc(F)c4c(c3)OCOC4)CN2CC=O)c(F)c1. The van der Waals surface area contributed by atoms with Crippen molar-refractivity contribution in [2.45, 2.75) is 58.6 Å². The summed E-state index contributed by atoms with van der Waals surface area (Å²) >= 11 is 0. The Morgan fingerprint density at radius 1 is 1.02 bits per heavy atom. The first kappa shape index (κ1) is 32.2. The van der Waals surface area contributed by atoms with Crippen LogP contribution in [0.2, 0.25) is 0 Å². The van der Waals surface area contributed by atoms with Gasteiger partial charge in [-0.3, -0.25) is 4.90 Å². The van der Waals surface area contributed by atoms with Crippen LogP contribution in [-0.2, 0) is 29.0 Å². The number of ether oxygens (including phenoxy) is 3. The first-order valence-corrected chi connectivity index (χ1v) is 14.1. The van der Waals surface area contributed by atoms with E-state index in [0.717, 1.165) is 24.7 Å². The Morgan fingerprint density at radius 3 is 2.34 bits per heavy atom. The molecule has 0 saturated carbocycles. The number of benzene rings is 3. The van der Waals surface area contributed by atoms with Crippen LogP contribution in [0.25, 0.3) is 0 Å². The molecule has 0 aliphatic carbocycles. The molecule has 0 aromatic heterocycles. The Hall–Kier alpha value is -3.33. The summed E-state index contributed by atoms with van der Waals surface area (Å²) < 4.78 is 44.8. The van der Waals surface area contributed by atoms with Gasteiger partial charge in [0.25, 0.3) is 0 Å². The number of carbonyl (C=O) groups is 1. The Kier molecular flexibility index (Phi) is 12.3. The van der Waals surface area contributed by atoms with Gasteiger partial charge in [0.05, 0.1) is 25.8 Å². The molecule has 1 fully saturated rings. The molecular formula is C33H42F2N2O4. The van der Waals surface area contributed by atoms with Crippen molar-refractivity contribution in [1.82, 2.24) is 4.90 Å². The predicted molar refractivity (Wildman–Crippen MR) is 157 cm³/mol. The Bertz CT molecular complexity index is 1280. The molecule has 41 heavy (non-hydrogen) atoms. The largest absolute Gasteiger partial charge is 0.497 e. The lowest BCUT2D eigenvalue weighted by molar-refractivity contribution is -0.109. The molecular weight excluding hydrogens is 526 g/mol. The van der Waals surface area contributed by atoms with Crippen molar-refractivity contribution in [3.8, 4) is 11.5 Å². The van der Waals surface area contributed by atoms with Crippen LogP contribution in [0.4, 0.5) is 8.78 Å². The number of nitrogens with two attached hydrogens (primary N) is 1. The molecule has 2 atom stereocenters. The summed E-state index contributed by atoms with van der Waals surface area (Å²) in [5, 5.41) is 0. The summed E-state index contributed by atoms with van der Waals surface area (Å²) in [6, 6.07) is 14.6. The van der Waals surface area contributed by atoms with Gasteiger partial charge in [0, 0.05) is 24.2 Å². The van der Waals surface area contributed by atoms with Crippen molar-refractivity contribution in [3.05, 3.63) is 93.5 Å². The van der Waals surface area contributed by atoms with Crippen LogP contribution in [0.5, 0.6) is 11.5 Å². The lowest BCUT2D eigenvalue weighted by atomic mass is 9.92. The molecule has 222 valence electrons. The normalized spacial score (nSPS) is 17.8. The van der Waals surface area contributed by atoms with Crippen molar-refractivity contribution < 1.29 is 27.8 Å².